The lowest BCUT2D eigenvalue weighted by Crippen LogP contribution is -1.72. The van der Waals surface area contributed by atoms with Crippen molar-refractivity contribution < 1.29 is 0 Å². The van der Waals surface area contributed by atoms with Gasteiger partial charge in [0.2, 0.25) is 0 Å². The lowest BCUT2D eigenvalue weighted by atomic mass is 10.1. The van der Waals surface area contributed by atoms with Gasteiger partial charge in [-0.2, -0.15) is 10.2 Å². The van der Waals surface area contributed by atoms with Crippen LogP contribution in [0.1, 0.15) is 0 Å². The molecule has 4 aromatic carbocycles. The first kappa shape index (κ1) is 12.7. The Hall–Kier alpha value is -3.00. The summed E-state index contributed by atoms with van der Waals surface area (Å²) in [5.41, 5.74) is 1.73. The van der Waals surface area contributed by atoms with Gasteiger partial charge in [-0.25, -0.2) is 0 Å². The van der Waals surface area contributed by atoms with E-state index in [9.17, 15) is 0 Å². The monoisotopic (exact) mass is 282 g/mol. The van der Waals surface area contributed by atoms with Crippen LogP contribution in [0.3, 0.4) is 0 Å². The van der Waals surface area contributed by atoms with E-state index in [1.54, 1.807) is 0 Å². The Bertz CT molecular complexity index is 905. The molecule has 0 unspecified atom stereocenters. The summed E-state index contributed by atoms with van der Waals surface area (Å²) in [6.07, 6.45) is 0. The zero-order valence-corrected chi connectivity index (χ0v) is 12.0. The van der Waals surface area contributed by atoms with Crippen LogP contribution in [-0.4, -0.2) is 0 Å². The Balaban J connectivity index is 1.68. The first-order valence-corrected chi connectivity index (χ1v) is 7.28. The Labute approximate surface area is 128 Å². The Morgan fingerprint density at radius 1 is 0.409 bits per heavy atom. The number of rotatable bonds is 2. The van der Waals surface area contributed by atoms with E-state index in [2.05, 4.69) is 58.8 Å². The predicted octanol–water partition coefficient (Wildman–Crippen LogP) is 6.41. The minimum atomic E-state index is 0.867. The quantitative estimate of drug-likeness (QED) is 0.379. The fourth-order valence-electron chi connectivity index (χ4n) is 2.59. The van der Waals surface area contributed by atoms with Crippen molar-refractivity contribution in [2.75, 3.05) is 0 Å². The number of azo groups is 1. The van der Waals surface area contributed by atoms with Crippen LogP contribution in [0.5, 0.6) is 0 Å². The van der Waals surface area contributed by atoms with Gasteiger partial charge in [0.25, 0.3) is 0 Å². The average Bonchev–Trinajstić information content (AvgIpc) is 2.59. The molecule has 0 amide bonds. The number of hydrogen-bond donors (Lipinski definition) is 0. The smallest absolute Gasteiger partial charge is 0.0863 e. The summed E-state index contributed by atoms with van der Waals surface area (Å²) in [6, 6.07) is 28.8. The fraction of sp³-hybridized carbons (Fsp3) is 0. The maximum atomic E-state index is 4.36. The minimum absolute atomic E-state index is 0.867. The van der Waals surface area contributed by atoms with Crippen molar-refractivity contribution in [1.82, 2.24) is 0 Å². The van der Waals surface area contributed by atoms with Crippen molar-refractivity contribution in [1.29, 1.82) is 0 Å². The zero-order chi connectivity index (χ0) is 14.8. The molecule has 0 atom stereocenters. The van der Waals surface area contributed by atoms with Crippen LogP contribution >= 0.6 is 0 Å². The normalized spacial score (nSPS) is 11.5. The highest BCUT2D eigenvalue weighted by atomic mass is 15.1. The molecule has 0 N–H and O–H groups in total. The molecule has 0 aromatic heterocycles. The van der Waals surface area contributed by atoms with Gasteiger partial charge in [0.1, 0.15) is 0 Å². The van der Waals surface area contributed by atoms with Crippen molar-refractivity contribution in [3.8, 4) is 0 Å². The summed E-state index contributed by atoms with van der Waals surface area (Å²) >= 11 is 0. The van der Waals surface area contributed by atoms with Gasteiger partial charge in [-0.3, -0.25) is 0 Å². The third-order valence-corrected chi connectivity index (χ3v) is 3.75. The van der Waals surface area contributed by atoms with Crippen LogP contribution in [0.15, 0.2) is 95.2 Å². The lowest BCUT2D eigenvalue weighted by Gasteiger charge is -1.99. The second-order valence-corrected chi connectivity index (χ2v) is 5.26. The first-order valence-electron chi connectivity index (χ1n) is 7.28. The highest BCUT2D eigenvalue weighted by Gasteiger charge is 1.96. The van der Waals surface area contributed by atoms with E-state index < -0.39 is 0 Å². The van der Waals surface area contributed by atoms with Crippen LogP contribution in [0.2, 0.25) is 0 Å². The summed E-state index contributed by atoms with van der Waals surface area (Å²) in [6.45, 7) is 0. The minimum Gasteiger partial charge on any atom is -0.151 e. The molecule has 0 aliphatic carbocycles. The van der Waals surface area contributed by atoms with Crippen LogP contribution in [0.25, 0.3) is 21.5 Å². The van der Waals surface area contributed by atoms with Gasteiger partial charge in [0.05, 0.1) is 11.4 Å². The third-order valence-electron chi connectivity index (χ3n) is 3.75. The molecule has 0 spiro atoms. The molecular formula is C20H14N2. The molecule has 0 saturated heterocycles. The van der Waals surface area contributed by atoms with E-state index in [4.69, 9.17) is 0 Å². The largest absolute Gasteiger partial charge is 0.151 e. The molecule has 22 heavy (non-hydrogen) atoms. The van der Waals surface area contributed by atoms with E-state index in [0.717, 1.165) is 11.4 Å². The Kier molecular flexibility index (Phi) is 3.13. The van der Waals surface area contributed by atoms with Crippen LogP contribution in [0, 0.1) is 0 Å². The van der Waals surface area contributed by atoms with Gasteiger partial charge in [0.15, 0.2) is 0 Å². The van der Waals surface area contributed by atoms with Gasteiger partial charge in [0, 0.05) is 0 Å². The van der Waals surface area contributed by atoms with E-state index in [0.29, 0.717) is 0 Å². The van der Waals surface area contributed by atoms with Crippen LogP contribution in [0.4, 0.5) is 11.4 Å². The SMILES string of the molecule is c1ccc2cc(/N=N/c3ccc4ccccc4c3)ccc2c1. The number of nitrogens with zero attached hydrogens (tertiary/aromatic N) is 2. The molecular weight excluding hydrogens is 268 g/mol. The lowest BCUT2D eigenvalue weighted by molar-refractivity contribution is 1.24. The second-order valence-electron chi connectivity index (χ2n) is 5.26. The second kappa shape index (κ2) is 5.41. The van der Waals surface area contributed by atoms with E-state index in [1.165, 1.54) is 21.5 Å². The summed E-state index contributed by atoms with van der Waals surface area (Å²) < 4.78 is 0. The third kappa shape index (κ3) is 2.47. The molecule has 4 aromatic rings. The van der Waals surface area contributed by atoms with E-state index in [-0.39, 0.29) is 0 Å². The van der Waals surface area contributed by atoms with Crippen molar-refractivity contribution >= 4 is 32.9 Å². The summed E-state index contributed by atoms with van der Waals surface area (Å²) in [5.74, 6) is 0. The first-order chi connectivity index (χ1) is 10.9. The molecule has 2 nitrogen and oxygen atoms in total. The number of hydrogen-bond acceptors (Lipinski definition) is 2. The van der Waals surface area contributed by atoms with E-state index in [1.807, 2.05) is 36.4 Å². The van der Waals surface area contributed by atoms with Crippen molar-refractivity contribution in [2.45, 2.75) is 0 Å². The van der Waals surface area contributed by atoms with Gasteiger partial charge >= 0.3 is 0 Å². The van der Waals surface area contributed by atoms with E-state index >= 15 is 0 Å². The fourth-order valence-corrected chi connectivity index (χ4v) is 2.59. The maximum absolute atomic E-state index is 4.36. The number of fused-ring (bicyclic) bond motifs is 2. The average molecular weight is 282 g/mol. The molecule has 0 aliphatic rings. The van der Waals surface area contributed by atoms with Gasteiger partial charge in [-0.05, 0) is 45.8 Å². The zero-order valence-electron chi connectivity index (χ0n) is 12.0. The molecule has 0 heterocycles. The van der Waals surface area contributed by atoms with Crippen LogP contribution in [-0.2, 0) is 0 Å². The molecule has 4 rings (SSSR count). The van der Waals surface area contributed by atoms with Gasteiger partial charge < -0.3 is 0 Å². The molecule has 104 valence electrons. The van der Waals surface area contributed by atoms with Crippen molar-refractivity contribution in [3.63, 3.8) is 0 Å². The highest BCUT2D eigenvalue weighted by Crippen LogP contribution is 2.25. The van der Waals surface area contributed by atoms with Gasteiger partial charge in [-0.1, -0.05) is 60.7 Å². The molecule has 0 saturated carbocycles. The molecule has 0 bridgehead atoms. The van der Waals surface area contributed by atoms with Gasteiger partial charge in [-0.15, -0.1) is 0 Å². The molecule has 0 radical (unpaired) electrons. The standard InChI is InChI=1S/C20H14N2/c1-3-7-17-13-19(11-9-15(17)5-1)21-22-20-12-10-16-6-2-4-8-18(16)14-20/h1-14H/b22-21+. The van der Waals surface area contributed by atoms with Crippen LogP contribution < -0.4 is 0 Å². The topological polar surface area (TPSA) is 24.7 Å². The molecule has 2 heteroatoms. The molecule has 0 aliphatic heterocycles. The maximum Gasteiger partial charge on any atom is 0.0863 e. The Morgan fingerprint density at radius 2 is 0.818 bits per heavy atom. The Morgan fingerprint density at radius 3 is 1.27 bits per heavy atom. The summed E-state index contributed by atoms with van der Waals surface area (Å²) in [7, 11) is 0. The summed E-state index contributed by atoms with van der Waals surface area (Å²) in [4.78, 5) is 0. The highest BCUT2D eigenvalue weighted by molar-refractivity contribution is 5.86. The van der Waals surface area contributed by atoms with Crippen molar-refractivity contribution in [3.05, 3.63) is 84.9 Å². The van der Waals surface area contributed by atoms with Crippen molar-refractivity contribution in [2.24, 2.45) is 10.2 Å². The molecule has 0 fully saturated rings. The number of benzene rings is 4. The summed E-state index contributed by atoms with van der Waals surface area (Å²) in [5, 5.41) is 13.5. The predicted molar refractivity (Wildman–Crippen MR) is 92.1 cm³/mol.